The number of Topliss-reactive ketones (excluding diaryl/α,β-unsaturated/α-hetero) is 1. The highest BCUT2D eigenvalue weighted by atomic mass is 16.5. The first-order chi connectivity index (χ1) is 9.56. The monoisotopic (exact) mass is 277 g/mol. The molecule has 0 spiro atoms. The van der Waals surface area contributed by atoms with Crippen LogP contribution in [0.4, 0.5) is 0 Å². The molecule has 1 rings (SSSR count). The molecule has 1 N–H and O–H groups in total. The zero-order chi connectivity index (χ0) is 15.0. The summed E-state index contributed by atoms with van der Waals surface area (Å²) in [7, 11) is 1.59. The van der Waals surface area contributed by atoms with Crippen LogP contribution in [0, 0.1) is 0 Å². The molecule has 1 aromatic rings. The molecule has 0 aromatic heterocycles. The minimum Gasteiger partial charge on any atom is -0.383 e. The topological polar surface area (TPSA) is 55.4 Å². The van der Waals surface area contributed by atoms with E-state index in [4.69, 9.17) is 4.74 Å². The van der Waals surface area contributed by atoms with Gasteiger partial charge in [-0.25, -0.2) is 0 Å². The summed E-state index contributed by atoms with van der Waals surface area (Å²) in [5, 5.41) is 2.79. The van der Waals surface area contributed by atoms with E-state index in [1.165, 1.54) is 5.56 Å². The number of carbonyl (C=O) groups is 2. The summed E-state index contributed by atoms with van der Waals surface area (Å²) in [6.45, 7) is 4.41. The predicted octanol–water partition coefficient (Wildman–Crippen LogP) is 2.36. The molecule has 0 fully saturated rings. The first kappa shape index (κ1) is 16.4. The Morgan fingerprint density at radius 3 is 2.40 bits per heavy atom. The molecule has 0 aliphatic carbocycles. The van der Waals surface area contributed by atoms with Crippen LogP contribution in [-0.2, 0) is 16.0 Å². The summed E-state index contributed by atoms with van der Waals surface area (Å²) in [6.07, 6.45) is 1.40. The number of methoxy groups -OCH3 is 1. The van der Waals surface area contributed by atoms with E-state index in [0.717, 1.165) is 6.42 Å². The van der Waals surface area contributed by atoms with Crippen LogP contribution in [0.15, 0.2) is 24.3 Å². The van der Waals surface area contributed by atoms with Gasteiger partial charge in [-0.1, -0.05) is 31.2 Å². The number of ether oxygens (including phenoxy) is 1. The Labute approximate surface area is 120 Å². The molecule has 0 bridgehead atoms. The van der Waals surface area contributed by atoms with Crippen molar-refractivity contribution in [2.45, 2.75) is 39.2 Å². The molecule has 0 aliphatic heterocycles. The second-order valence-electron chi connectivity index (χ2n) is 4.90. The van der Waals surface area contributed by atoms with Gasteiger partial charge in [0.15, 0.2) is 5.78 Å². The number of hydrogen-bond donors (Lipinski definition) is 1. The Hall–Kier alpha value is -1.68. The summed E-state index contributed by atoms with van der Waals surface area (Å²) < 4.78 is 4.94. The van der Waals surface area contributed by atoms with E-state index in [9.17, 15) is 9.59 Å². The first-order valence-corrected chi connectivity index (χ1v) is 6.97. The van der Waals surface area contributed by atoms with Crippen molar-refractivity contribution in [3.05, 3.63) is 35.4 Å². The van der Waals surface area contributed by atoms with Gasteiger partial charge in [-0.3, -0.25) is 9.59 Å². The Morgan fingerprint density at radius 1 is 1.20 bits per heavy atom. The smallest absolute Gasteiger partial charge is 0.220 e. The molecule has 0 aliphatic rings. The van der Waals surface area contributed by atoms with Crippen LogP contribution in [-0.4, -0.2) is 31.4 Å². The van der Waals surface area contributed by atoms with Gasteiger partial charge in [0.05, 0.1) is 6.61 Å². The lowest BCUT2D eigenvalue weighted by atomic mass is 10.0. The van der Waals surface area contributed by atoms with E-state index in [1.807, 2.05) is 31.2 Å². The third kappa shape index (κ3) is 5.53. The maximum absolute atomic E-state index is 12.0. The Balaban J connectivity index is 2.40. The Morgan fingerprint density at radius 2 is 1.85 bits per heavy atom. The van der Waals surface area contributed by atoms with E-state index in [1.54, 1.807) is 7.11 Å². The van der Waals surface area contributed by atoms with Gasteiger partial charge >= 0.3 is 0 Å². The van der Waals surface area contributed by atoms with E-state index in [-0.39, 0.29) is 30.6 Å². The lowest BCUT2D eigenvalue weighted by Crippen LogP contribution is -2.35. The first-order valence-electron chi connectivity index (χ1n) is 6.97. The highest BCUT2D eigenvalue weighted by Gasteiger charge is 2.11. The fourth-order valence-corrected chi connectivity index (χ4v) is 1.94. The predicted molar refractivity (Wildman–Crippen MR) is 78.9 cm³/mol. The number of carbonyl (C=O) groups excluding carboxylic acids is 2. The number of aryl methyl sites for hydroxylation is 1. The average Bonchev–Trinajstić information content (AvgIpc) is 2.45. The van der Waals surface area contributed by atoms with Gasteiger partial charge in [-0.15, -0.1) is 0 Å². The summed E-state index contributed by atoms with van der Waals surface area (Å²) in [5.74, 6) is -0.115. The molecular weight excluding hydrogens is 254 g/mol. The number of nitrogens with one attached hydrogen (secondary N) is 1. The molecule has 0 heterocycles. The van der Waals surface area contributed by atoms with Crippen LogP contribution in [0.2, 0.25) is 0 Å². The van der Waals surface area contributed by atoms with Crippen LogP contribution in [0.25, 0.3) is 0 Å². The quantitative estimate of drug-likeness (QED) is 0.742. The number of amides is 1. The summed E-state index contributed by atoms with van der Waals surface area (Å²) in [5.41, 5.74) is 1.87. The van der Waals surface area contributed by atoms with Gasteiger partial charge in [0, 0.05) is 31.6 Å². The molecule has 1 amide bonds. The van der Waals surface area contributed by atoms with Crippen molar-refractivity contribution in [2.75, 3.05) is 13.7 Å². The molecule has 4 heteroatoms. The number of rotatable bonds is 8. The Bertz CT molecular complexity index is 440. The molecule has 0 saturated carbocycles. The number of ketones is 1. The largest absolute Gasteiger partial charge is 0.383 e. The van der Waals surface area contributed by atoms with Crippen molar-refractivity contribution in [1.29, 1.82) is 0 Å². The minimum atomic E-state index is -0.118. The fraction of sp³-hybridized carbons (Fsp3) is 0.500. The standard InChI is InChI=1S/C16H23NO3/c1-4-13-5-7-14(8-6-13)15(18)9-10-16(19)17-12(2)11-20-3/h5-8,12H,4,9-11H2,1-3H3,(H,17,19). The normalized spacial score (nSPS) is 11.9. The highest BCUT2D eigenvalue weighted by Crippen LogP contribution is 2.08. The van der Waals surface area contributed by atoms with Crippen LogP contribution in [0.3, 0.4) is 0 Å². The van der Waals surface area contributed by atoms with Crippen LogP contribution in [0.1, 0.15) is 42.6 Å². The molecule has 1 unspecified atom stereocenters. The molecule has 20 heavy (non-hydrogen) atoms. The van der Waals surface area contributed by atoms with Gasteiger partial charge in [0.1, 0.15) is 0 Å². The van der Waals surface area contributed by atoms with E-state index >= 15 is 0 Å². The highest BCUT2D eigenvalue weighted by molar-refractivity contribution is 5.97. The summed E-state index contributed by atoms with van der Waals surface area (Å²) in [4.78, 5) is 23.6. The van der Waals surface area contributed by atoms with Crippen molar-refractivity contribution < 1.29 is 14.3 Å². The average molecular weight is 277 g/mol. The zero-order valence-corrected chi connectivity index (χ0v) is 12.4. The molecule has 4 nitrogen and oxygen atoms in total. The maximum Gasteiger partial charge on any atom is 0.220 e. The third-order valence-electron chi connectivity index (χ3n) is 3.09. The van der Waals surface area contributed by atoms with E-state index in [0.29, 0.717) is 12.2 Å². The number of hydrogen-bond acceptors (Lipinski definition) is 3. The fourth-order valence-electron chi connectivity index (χ4n) is 1.94. The maximum atomic E-state index is 12.0. The second kappa shape index (κ2) is 8.48. The van der Waals surface area contributed by atoms with Gasteiger partial charge in [0.2, 0.25) is 5.91 Å². The van der Waals surface area contributed by atoms with E-state index in [2.05, 4.69) is 12.2 Å². The molecule has 1 aromatic carbocycles. The lowest BCUT2D eigenvalue weighted by molar-refractivity contribution is -0.122. The third-order valence-corrected chi connectivity index (χ3v) is 3.09. The van der Waals surface area contributed by atoms with Gasteiger partial charge in [-0.2, -0.15) is 0 Å². The molecule has 110 valence electrons. The second-order valence-corrected chi connectivity index (χ2v) is 4.90. The molecule has 0 radical (unpaired) electrons. The number of benzene rings is 1. The summed E-state index contributed by atoms with van der Waals surface area (Å²) in [6, 6.07) is 7.52. The lowest BCUT2D eigenvalue weighted by Gasteiger charge is -2.12. The Kier molecular flexibility index (Phi) is 6.94. The van der Waals surface area contributed by atoms with Gasteiger partial charge in [-0.05, 0) is 18.9 Å². The van der Waals surface area contributed by atoms with Crippen molar-refractivity contribution in [2.24, 2.45) is 0 Å². The van der Waals surface area contributed by atoms with Crippen molar-refractivity contribution in [3.63, 3.8) is 0 Å². The van der Waals surface area contributed by atoms with Crippen molar-refractivity contribution in [3.8, 4) is 0 Å². The van der Waals surface area contributed by atoms with Crippen LogP contribution >= 0.6 is 0 Å². The van der Waals surface area contributed by atoms with E-state index < -0.39 is 0 Å². The molecule has 0 saturated heterocycles. The van der Waals surface area contributed by atoms with Gasteiger partial charge < -0.3 is 10.1 Å². The SMILES string of the molecule is CCc1ccc(C(=O)CCC(=O)NC(C)COC)cc1. The zero-order valence-electron chi connectivity index (χ0n) is 12.4. The molecule has 1 atom stereocenters. The molecular formula is C16H23NO3. The van der Waals surface area contributed by atoms with Crippen molar-refractivity contribution >= 4 is 11.7 Å². The van der Waals surface area contributed by atoms with Gasteiger partial charge in [0.25, 0.3) is 0 Å². The van der Waals surface area contributed by atoms with Crippen molar-refractivity contribution in [1.82, 2.24) is 5.32 Å². The van der Waals surface area contributed by atoms with Crippen LogP contribution < -0.4 is 5.32 Å². The van der Waals surface area contributed by atoms with Crippen LogP contribution in [0.5, 0.6) is 0 Å². The summed E-state index contributed by atoms with van der Waals surface area (Å²) >= 11 is 0. The minimum absolute atomic E-state index is 0.00203.